The predicted molar refractivity (Wildman–Crippen MR) is 120 cm³/mol. The second-order valence-electron chi connectivity index (χ2n) is 8.20. The molecule has 1 amide bonds. The van der Waals surface area contributed by atoms with Crippen LogP contribution in [0.2, 0.25) is 0 Å². The van der Waals surface area contributed by atoms with Crippen LogP contribution in [0.1, 0.15) is 45.7 Å². The molecule has 3 aromatic heterocycles. The van der Waals surface area contributed by atoms with Gasteiger partial charge in [0, 0.05) is 62.6 Å². The maximum absolute atomic E-state index is 12.8. The standard InChI is InChI=1S/C25H29N5O/c1-19-5-3-11-27-23(19)17-30(18-24-20(2)6-4-12-28-24)22-9-15-29(16-10-22)25(31)21-7-13-26-14-8-21/h3-8,11-14,22H,9-10,15-18H2,1-2H3. The minimum atomic E-state index is 0.0912. The average Bonchev–Trinajstić information content (AvgIpc) is 2.81. The van der Waals surface area contributed by atoms with Crippen LogP contribution < -0.4 is 0 Å². The Morgan fingerprint density at radius 1 is 0.903 bits per heavy atom. The van der Waals surface area contributed by atoms with E-state index < -0.39 is 0 Å². The van der Waals surface area contributed by atoms with Crippen molar-refractivity contribution in [3.8, 4) is 0 Å². The molecular weight excluding hydrogens is 386 g/mol. The summed E-state index contributed by atoms with van der Waals surface area (Å²) in [5.41, 5.74) is 5.32. The molecule has 0 aromatic carbocycles. The molecule has 0 unspecified atom stereocenters. The van der Waals surface area contributed by atoms with E-state index >= 15 is 0 Å². The van der Waals surface area contributed by atoms with Gasteiger partial charge in [0.25, 0.3) is 5.91 Å². The highest BCUT2D eigenvalue weighted by Gasteiger charge is 2.28. The first-order chi connectivity index (χ1) is 15.1. The van der Waals surface area contributed by atoms with Gasteiger partial charge in [-0.25, -0.2) is 0 Å². The molecule has 0 spiro atoms. The number of hydrogen-bond donors (Lipinski definition) is 0. The molecule has 160 valence electrons. The first kappa shape index (κ1) is 21.1. The molecule has 1 aliphatic rings. The first-order valence-electron chi connectivity index (χ1n) is 10.9. The van der Waals surface area contributed by atoms with Crippen molar-refractivity contribution < 1.29 is 4.79 Å². The van der Waals surface area contributed by atoms with Gasteiger partial charge in [0.2, 0.25) is 0 Å². The molecule has 4 heterocycles. The van der Waals surface area contributed by atoms with Crippen molar-refractivity contribution in [2.45, 2.75) is 45.8 Å². The van der Waals surface area contributed by atoms with Crippen molar-refractivity contribution in [1.82, 2.24) is 24.8 Å². The van der Waals surface area contributed by atoms with E-state index in [-0.39, 0.29) is 5.91 Å². The fourth-order valence-corrected chi connectivity index (χ4v) is 4.18. The highest BCUT2D eigenvalue weighted by Crippen LogP contribution is 2.23. The van der Waals surface area contributed by atoms with Crippen LogP contribution in [-0.2, 0) is 13.1 Å². The number of amides is 1. The van der Waals surface area contributed by atoms with Crippen molar-refractivity contribution in [2.75, 3.05) is 13.1 Å². The average molecular weight is 416 g/mol. The predicted octanol–water partition coefficient (Wildman–Crippen LogP) is 3.80. The van der Waals surface area contributed by atoms with E-state index in [1.165, 1.54) is 11.1 Å². The summed E-state index contributed by atoms with van der Waals surface area (Å²) in [5, 5.41) is 0. The van der Waals surface area contributed by atoms with Crippen molar-refractivity contribution in [2.24, 2.45) is 0 Å². The van der Waals surface area contributed by atoms with Crippen molar-refractivity contribution >= 4 is 5.91 Å². The minimum Gasteiger partial charge on any atom is -0.339 e. The minimum absolute atomic E-state index is 0.0912. The largest absolute Gasteiger partial charge is 0.339 e. The maximum atomic E-state index is 12.8. The van der Waals surface area contributed by atoms with Gasteiger partial charge in [-0.3, -0.25) is 24.6 Å². The summed E-state index contributed by atoms with van der Waals surface area (Å²) in [4.78, 5) is 30.5. The van der Waals surface area contributed by atoms with Gasteiger partial charge in [0.15, 0.2) is 0 Å². The summed E-state index contributed by atoms with van der Waals surface area (Å²) >= 11 is 0. The Hall–Kier alpha value is -3.12. The third kappa shape index (κ3) is 5.14. The molecule has 1 fully saturated rings. The fraction of sp³-hybridized carbons (Fsp3) is 0.360. The molecule has 6 nitrogen and oxygen atoms in total. The monoisotopic (exact) mass is 415 g/mol. The number of aromatic nitrogens is 3. The summed E-state index contributed by atoms with van der Waals surface area (Å²) in [5.74, 6) is 0.0912. The van der Waals surface area contributed by atoms with E-state index in [0.717, 1.165) is 50.4 Å². The van der Waals surface area contributed by atoms with Crippen molar-refractivity contribution in [1.29, 1.82) is 0 Å². The molecule has 0 N–H and O–H groups in total. The van der Waals surface area contributed by atoms with Gasteiger partial charge >= 0.3 is 0 Å². The molecule has 0 bridgehead atoms. The van der Waals surface area contributed by atoms with Crippen LogP contribution in [-0.4, -0.2) is 49.8 Å². The Morgan fingerprint density at radius 3 is 1.97 bits per heavy atom. The SMILES string of the molecule is Cc1cccnc1CN(Cc1ncccc1C)C1CCN(C(=O)c2ccncc2)CC1. The molecule has 0 radical (unpaired) electrons. The zero-order valence-corrected chi connectivity index (χ0v) is 18.2. The number of hydrogen-bond acceptors (Lipinski definition) is 5. The Kier molecular flexibility index (Phi) is 6.67. The van der Waals surface area contributed by atoms with Crippen LogP contribution in [0.3, 0.4) is 0 Å². The molecule has 3 aromatic rings. The van der Waals surface area contributed by atoms with Crippen molar-refractivity contribution in [3.63, 3.8) is 0 Å². The molecule has 1 saturated heterocycles. The van der Waals surface area contributed by atoms with Gasteiger partial charge < -0.3 is 4.90 Å². The lowest BCUT2D eigenvalue weighted by Crippen LogP contribution is -2.46. The molecule has 4 rings (SSSR count). The summed E-state index contributed by atoms with van der Waals surface area (Å²) in [6.45, 7) is 7.30. The highest BCUT2D eigenvalue weighted by molar-refractivity contribution is 5.94. The number of nitrogens with zero attached hydrogens (tertiary/aromatic N) is 5. The zero-order valence-electron chi connectivity index (χ0n) is 18.2. The number of aryl methyl sites for hydroxylation is 2. The normalized spacial score (nSPS) is 14.7. The van der Waals surface area contributed by atoms with Crippen LogP contribution in [0.25, 0.3) is 0 Å². The van der Waals surface area contributed by atoms with E-state index in [9.17, 15) is 4.79 Å². The number of carbonyl (C=O) groups excluding carboxylic acids is 1. The first-order valence-corrected chi connectivity index (χ1v) is 10.9. The molecule has 0 atom stereocenters. The van der Waals surface area contributed by atoms with E-state index in [4.69, 9.17) is 0 Å². The van der Waals surface area contributed by atoms with E-state index in [1.54, 1.807) is 24.5 Å². The Balaban J connectivity index is 1.48. The quantitative estimate of drug-likeness (QED) is 0.613. The fourth-order valence-electron chi connectivity index (χ4n) is 4.18. The van der Waals surface area contributed by atoms with Gasteiger partial charge in [-0.2, -0.15) is 0 Å². The van der Waals surface area contributed by atoms with Gasteiger partial charge in [-0.05, 0) is 62.1 Å². The van der Waals surface area contributed by atoms with Crippen LogP contribution in [0.4, 0.5) is 0 Å². The zero-order chi connectivity index (χ0) is 21.6. The topological polar surface area (TPSA) is 62.2 Å². The number of carbonyl (C=O) groups is 1. The smallest absolute Gasteiger partial charge is 0.253 e. The van der Waals surface area contributed by atoms with Crippen LogP contribution in [0.5, 0.6) is 0 Å². The van der Waals surface area contributed by atoms with Gasteiger partial charge in [-0.15, -0.1) is 0 Å². The highest BCUT2D eigenvalue weighted by atomic mass is 16.2. The molecule has 6 heteroatoms. The lowest BCUT2D eigenvalue weighted by molar-refractivity contribution is 0.0589. The van der Waals surface area contributed by atoms with E-state index in [0.29, 0.717) is 11.6 Å². The molecule has 0 aliphatic carbocycles. The summed E-state index contributed by atoms with van der Waals surface area (Å²) < 4.78 is 0. The lowest BCUT2D eigenvalue weighted by atomic mass is 10.0. The molecule has 0 saturated carbocycles. The number of likely N-dealkylation sites (tertiary alicyclic amines) is 1. The number of pyridine rings is 3. The second kappa shape index (κ2) is 9.79. The Bertz CT molecular complexity index is 968. The van der Waals surface area contributed by atoms with E-state index in [1.807, 2.05) is 29.4 Å². The van der Waals surface area contributed by atoms with Crippen LogP contribution in [0, 0.1) is 13.8 Å². The van der Waals surface area contributed by atoms with Gasteiger partial charge in [0.05, 0.1) is 11.4 Å². The van der Waals surface area contributed by atoms with Crippen molar-refractivity contribution in [3.05, 3.63) is 89.3 Å². The Labute approximate surface area is 184 Å². The number of piperidine rings is 1. The summed E-state index contributed by atoms with van der Waals surface area (Å²) in [7, 11) is 0. The van der Waals surface area contributed by atoms with Crippen LogP contribution in [0.15, 0.2) is 61.2 Å². The van der Waals surface area contributed by atoms with Crippen LogP contribution >= 0.6 is 0 Å². The second-order valence-corrected chi connectivity index (χ2v) is 8.20. The third-order valence-corrected chi connectivity index (χ3v) is 6.14. The van der Waals surface area contributed by atoms with Gasteiger partial charge in [0.1, 0.15) is 0 Å². The molecule has 31 heavy (non-hydrogen) atoms. The lowest BCUT2D eigenvalue weighted by Gasteiger charge is -2.38. The molecular formula is C25H29N5O. The van der Waals surface area contributed by atoms with Gasteiger partial charge in [-0.1, -0.05) is 12.1 Å². The number of rotatable bonds is 6. The van der Waals surface area contributed by atoms with E-state index in [2.05, 4.69) is 45.8 Å². The Morgan fingerprint density at radius 2 is 1.45 bits per heavy atom. The summed E-state index contributed by atoms with van der Waals surface area (Å²) in [6.07, 6.45) is 8.95. The maximum Gasteiger partial charge on any atom is 0.253 e. The summed E-state index contributed by atoms with van der Waals surface area (Å²) in [6, 6.07) is 12.1. The third-order valence-electron chi connectivity index (χ3n) is 6.14. The molecule has 1 aliphatic heterocycles.